The van der Waals surface area contributed by atoms with Crippen LogP contribution >= 0.6 is 0 Å². The average molecular weight is 128 g/mol. The van der Waals surface area contributed by atoms with E-state index >= 15 is 0 Å². The molecule has 0 saturated carbocycles. The summed E-state index contributed by atoms with van der Waals surface area (Å²) in [6.45, 7) is 5.12. The molecular formula is C7H12O2. The number of allylic oxidation sites excluding steroid dienone is 1. The van der Waals surface area contributed by atoms with Gasteiger partial charge in [0.15, 0.2) is 5.78 Å². The molecule has 0 radical (unpaired) electrons. The molecule has 0 amide bonds. The van der Waals surface area contributed by atoms with Crippen LogP contribution < -0.4 is 0 Å². The molecule has 0 rings (SSSR count). The lowest BCUT2D eigenvalue weighted by Crippen LogP contribution is -2.09. The van der Waals surface area contributed by atoms with Crippen molar-refractivity contribution < 1.29 is 9.90 Å². The zero-order chi connectivity index (χ0) is 7.28. The summed E-state index contributed by atoms with van der Waals surface area (Å²) >= 11 is 0. The highest BCUT2D eigenvalue weighted by atomic mass is 16.3. The van der Waals surface area contributed by atoms with Gasteiger partial charge in [0.25, 0.3) is 0 Å². The van der Waals surface area contributed by atoms with Crippen molar-refractivity contribution in [2.45, 2.75) is 25.9 Å². The Kier molecular flexibility index (Phi) is 3.97. The second-order valence-corrected chi connectivity index (χ2v) is 1.94. The maximum atomic E-state index is 10.5. The van der Waals surface area contributed by atoms with E-state index in [0.717, 1.165) is 0 Å². The van der Waals surface area contributed by atoms with Gasteiger partial charge in [-0.2, -0.15) is 0 Å². The van der Waals surface area contributed by atoms with Gasteiger partial charge in [-0.25, -0.2) is 0 Å². The van der Waals surface area contributed by atoms with Crippen molar-refractivity contribution in [3.8, 4) is 0 Å². The first-order valence-corrected chi connectivity index (χ1v) is 3.04. The van der Waals surface area contributed by atoms with Gasteiger partial charge in [0, 0.05) is 6.42 Å². The first-order valence-electron chi connectivity index (χ1n) is 3.04. The van der Waals surface area contributed by atoms with E-state index in [-0.39, 0.29) is 12.2 Å². The molecule has 9 heavy (non-hydrogen) atoms. The number of ketones is 1. The summed E-state index contributed by atoms with van der Waals surface area (Å²) in [5, 5.41) is 8.89. The van der Waals surface area contributed by atoms with Crippen molar-refractivity contribution in [1.82, 2.24) is 0 Å². The van der Waals surface area contributed by atoms with Crippen LogP contribution in [0.2, 0.25) is 0 Å². The van der Waals surface area contributed by atoms with Crippen molar-refractivity contribution in [2.75, 3.05) is 0 Å². The first-order chi connectivity index (χ1) is 4.20. The smallest absolute Gasteiger partial charge is 0.157 e. The van der Waals surface area contributed by atoms with Crippen LogP contribution in [0.3, 0.4) is 0 Å². The molecule has 0 fully saturated rings. The number of aliphatic hydroxyl groups excluding tert-OH is 1. The van der Waals surface area contributed by atoms with Crippen LogP contribution in [0.4, 0.5) is 0 Å². The Labute approximate surface area is 55.2 Å². The average Bonchev–Trinajstić information content (AvgIpc) is 1.87. The van der Waals surface area contributed by atoms with Gasteiger partial charge < -0.3 is 5.11 Å². The topological polar surface area (TPSA) is 37.3 Å². The molecule has 2 heteroatoms. The molecule has 0 spiro atoms. The summed E-state index contributed by atoms with van der Waals surface area (Å²) in [4.78, 5) is 10.5. The quantitative estimate of drug-likeness (QED) is 0.571. The Balaban J connectivity index is 3.46. The molecule has 0 heterocycles. The standard InChI is InChI=1S/C7H12O2/c1-3-6(8)5-7(9)4-2/h3,7,9H,1,4-5H2,2H3. The zero-order valence-corrected chi connectivity index (χ0v) is 5.63. The zero-order valence-electron chi connectivity index (χ0n) is 5.63. The number of carbonyl (C=O) groups excluding carboxylic acids is 1. The summed E-state index contributed by atoms with van der Waals surface area (Å²) < 4.78 is 0. The number of aliphatic hydroxyl groups is 1. The number of hydrogen-bond acceptors (Lipinski definition) is 2. The molecular weight excluding hydrogens is 116 g/mol. The van der Waals surface area contributed by atoms with Crippen molar-refractivity contribution >= 4 is 5.78 Å². The molecule has 1 N–H and O–H groups in total. The predicted octanol–water partition coefficient (Wildman–Crippen LogP) is 0.902. The van der Waals surface area contributed by atoms with Gasteiger partial charge in [-0.05, 0) is 12.5 Å². The van der Waals surface area contributed by atoms with Gasteiger partial charge in [-0.3, -0.25) is 4.79 Å². The number of carbonyl (C=O) groups is 1. The highest BCUT2D eigenvalue weighted by Gasteiger charge is 2.03. The van der Waals surface area contributed by atoms with Gasteiger partial charge in [-0.1, -0.05) is 13.5 Å². The van der Waals surface area contributed by atoms with Gasteiger partial charge >= 0.3 is 0 Å². The van der Waals surface area contributed by atoms with Crippen LogP contribution in [0.25, 0.3) is 0 Å². The summed E-state index contributed by atoms with van der Waals surface area (Å²) in [6, 6.07) is 0. The van der Waals surface area contributed by atoms with Crippen LogP contribution in [0, 0.1) is 0 Å². The lowest BCUT2D eigenvalue weighted by molar-refractivity contribution is -0.116. The minimum Gasteiger partial charge on any atom is -0.393 e. The molecule has 0 aliphatic heterocycles. The first kappa shape index (κ1) is 8.37. The van der Waals surface area contributed by atoms with Crippen LogP contribution in [0.15, 0.2) is 12.7 Å². The molecule has 0 aliphatic rings. The Hall–Kier alpha value is -0.630. The van der Waals surface area contributed by atoms with E-state index in [1.165, 1.54) is 6.08 Å². The predicted molar refractivity (Wildman–Crippen MR) is 36.1 cm³/mol. The number of rotatable bonds is 4. The normalized spacial score (nSPS) is 12.7. The molecule has 0 aromatic heterocycles. The van der Waals surface area contributed by atoms with Gasteiger partial charge in [0.1, 0.15) is 0 Å². The molecule has 0 bridgehead atoms. The minimum absolute atomic E-state index is 0.0932. The lowest BCUT2D eigenvalue weighted by atomic mass is 10.1. The molecule has 1 atom stereocenters. The van der Waals surface area contributed by atoms with E-state index < -0.39 is 6.10 Å². The SMILES string of the molecule is C=CC(=O)CC(O)CC. The summed E-state index contributed by atoms with van der Waals surface area (Å²) in [5.41, 5.74) is 0. The van der Waals surface area contributed by atoms with Crippen LogP contribution in [0.5, 0.6) is 0 Å². The third kappa shape index (κ3) is 3.91. The fourth-order valence-corrected chi connectivity index (χ4v) is 0.460. The van der Waals surface area contributed by atoms with E-state index in [0.29, 0.717) is 6.42 Å². The fraction of sp³-hybridized carbons (Fsp3) is 0.571. The third-order valence-electron chi connectivity index (χ3n) is 1.14. The second-order valence-electron chi connectivity index (χ2n) is 1.94. The lowest BCUT2D eigenvalue weighted by Gasteiger charge is -2.01. The summed E-state index contributed by atoms with van der Waals surface area (Å²) in [7, 11) is 0. The Bertz CT molecular complexity index is 107. The molecule has 0 saturated heterocycles. The maximum Gasteiger partial charge on any atom is 0.157 e. The molecule has 1 unspecified atom stereocenters. The van der Waals surface area contributed by atoms with E-state index in [4.69, 9.17) is 5.11 Å². The highest BCUT2D eigenvalue weighted by Crippen LogP contribution is 1.96. The Morgan fingerprint density at radius 2 is 2.44 bits per heavy atom. The Morgan fingerprint density at radius 3 is 2.78 bits per heavy atom. The summed E-state index contributed by atoms with van der Waals surface area (Å²) in [5.74, 6) is -0.0932. The van der Waals surface area contributed by atoms with Crippen molar-refractivity contribution in [1.29, 1.82) is 0 Å². The van der Waals surface area contributed by atoms with Gasteiger partial charge in [0.2, 0.25) is 0 Å². The molecule has 2 nitrogen and oxygen atoms in total. The molecule has 0 aliphatic carbocycles. The second kappa shape index (κ2) is 4.27. The highest BCUT2D eigenvalue weighted by molar-refractivity contribution is 5.89. The fourth-order valence-electron chi connectivity index (χ4n) is 0.460. The molecule has 0 aromatic rings. The largest absolute Gasteiger partial charge is 0.393 e. The van der Waals surface area contributed by atoms with Crippen molar-refractivity contribution in [3.05, 3.63) is 12.7 Å². The molecule has 52 valence electrons. The Morgan fingerprint density at radius 1 is 1.89 bits per heavy atom. The number of hydrogen-bond donors (Lipinski definition) is 1. The van der Waals surface area contributed by atoms with E-state index in [9.17, 15) is 4.79 Å². The molecule has 0 aromatic carbocycles. The van der Waals surface area contributed by atoms with Crippen molar-refractivity contribution in [2.24, 2.45) is 0 Å². The monoisotopic (exact) mass is 128 g/mol. The minimum atomic E-state index is -0.490. The van der Waals surface area contributed by atoms with Crippen molar-refractivity contribution in [3.63, 3.8) is 0 Å². The third-order valence-corrected chi connectivity index (χ3v) is 1.14. The van der Waals surface area contributed by atoms with E-state index in [1.54, 1.807) is 0 Å². The van der Waals surface area contributed by atoms with Gasteiger partial charge in [0.05, 0.1) is 6.10 Å². The van der Waals surface area contributed by atoms with E-state index in [1.807, 2.05) is 6.92 Å². The van der Waals surface area contributed by atoms with Crippen LogP contribution in [-0.2, 0) is 4.79 Å². The van der Waals surface area contributed by atoms with Gasteiger partial charge in [-0.15, -0.1) is 0 Å². The van der Waals surface area contributed by atoms with Crippen LogP contribution in [0.1, 0.15) is 19.8 Å². The summed E-state index contributed by atoms with van der Waals surface area (Å²) in [6.07, 6.45) is 1.58. The van der Waals surface area contributed by atoms with E-state index in [2.05, 4.69) is 6.58 Å². The van der Waals surface area contributed by atoms with Crippen LogP contribution in [-0.4, -0.2) is 17.0 Å². The maximum absolute atomic E-state index is 10.5.